The van der Waals surface area contributed by atoms with Crippen LogP contribution < -0.4 is 9.64 Å². The van der Waals surface area contributed by atoms with Gasteiger partial charge in [0, 0.05) is 29.1 Å². The number of amides is 2. The molecule has 1 N–H and O–H groups in total. The van der Waals surface area contributed by atoms with E-state index in [9.17, 15) is 31.9 Å². The maximum Gasteiger partial charge on any atom is 0.573 e. The minimum Gasteiger partial charge on any atom is -0.479 e. The number of carbonyl (C=O) groups is 3. The molecule has 2 aromatic carbocycles. The van der Waals surface area contributed by atoms with Gasteiger partial charge in [-0.15, -0.1) is 13.2 Å². The number of carbonyl (C=O) groups excluding carboxylic acids is 2. The van der Waals surface area contributed by atoms with Crippen LogP contribution in [0.5, 0.6) is 5.75 Å². The molecule has 2 fully saturated rings. The Labute approximate surface area is 225 Å². The molecule has 3 aliphatic rings. The zero-order valence-corrected chi connectivity index (χ0v) is 21.0. The van der Waals surface area contributed by atoms with Gasteiger partial charge in [0.25, 0.3) is 5.91 Å². The lowest BCUT2D eigenvalue weighted by Crippen LogP contribution is -2.53. The molecule has 1 heterocycles. The Morgan fingerprint density at radius 1 is 1.08 bits per heavy atom. The molecule has 2 saturated carbocycles. The summed E-state index contributed by atoms with van der Waals surface area (Å²) in [6.07, 6.45) is -2.55. The van der Waals surface area contributed by atoms with Crippen molar-refractivity contribution in [3.63, 3.8) is 0 Å². The first-order valence-corrected chi connectivity index (χ1v) is 12.7. The summed E-state index contributed by atoms with van der Waals surface area (Å²) in [5.74, 6) is -3.41. The molecule has 2 aromatic rings. The number of hydrogen-bond acceptors (Lipinski definition) is 5. The molecule has 0 spiro atoms. The fraction of sp³-hybridized carbons (Fsp3) is 0.423. The second-order valence-corrected chi connectivity index (χ2v) is 10.2. The molecule has 13 heteroatoms. The maximum atomic E-state index is 14.8. The number of benzene rings is 2. The number of carboxylic acids is 1. The number of carboxylic acid groups (broad SMARTS) is 1. The summed E-state index contributed by atoms with van der Waals surface area (Å²) >= 11 is 6.13. The van der Waals surface area contributed by atoms with Gasteiger partial charge in [-0.25, -0.2) is 14.0 Å². The molecule has 0 aromatic heterocycles. The zero-order chi connectivity index (χ0) is 28.1. The largest absolute Gasteiger partial charge is 0.573 e. The molecule has 5 rings (SSSR count). The van der Waals surface area contributed by atoms with Crippen LogP contribution in [0, 0.1) is 11.7 Å². The van der Waals surface area contributed by atoms with Gasteiger partial charge < -0.3 is 19.5 Å². The molecule has 0 radical (unpaired) electrons. The summed E-state index contributed by atoms with van der Waals surface area (Å²) in [4.78, 5) is 40.8. The highest BCUT2D eigenvalue weighted by Gasteiger charge is 2.52. The van der Waals surface area contributed by atoms with E-state index >= 15 is 0 Å². The molecule has 39 heavy (non-hydrogen) atoms. The third-order valence-electron chi connectivity index (χ3n) is 7.24. The number of ether oxygens (including phenoxy) is 2. The van der Waals surface area contributed by atoms with Crippen molar-refractivity contribution in [1.82, 2.24) is 4.90 Å². The van der Waals surface area contributed by atoms with E-state index in [2.05, 4.69) is 4.74 Å². The maximum absolute atomic E-state index is 14.8. The lowest BCUT2D eigenvalue weighted by atomic mass is 9.81. The number of alkyl halides is 3. The van der Waals surface area contributed by atoms with Gasteiger partial charge in [0.05, 0.1) is 16.8 Å². The van der Waals surface area contributed by atoms with Crippen LogP contribution in [0.3, 0.4) is 0 Å². The van der Waals surface area contributed by atoms with E-state index in [1.807, 2.05) is 0 Å². The summed E-state index contributed by atoms with van der Waals surface area (Å²) in [5.41, 5.74) is 0.677. The third-order valence-corrected chi connectivity index (χ3v) is 7.53. The summed E-state index contributed by atoms with van der Waals surface area (Å²) in [6.45, 7) is -0.830. The van der Waals surface area contributed by atoms with Gasteiger partial charge in [-0.1, -0.05) is 18.0 Å². The number of hydrogen-bond donors (Lipinski definition) is 1. The van der Waals surface area contributed by atoms with Crippen molar-refractivity contribution in [2.75, 3.05) is 11.5 Å². The SMILES string of the molecule is O=C(O)COC(=O)N(C1CC1)[C@H]1c2cc(F)c(Cl)cc2N(C(=O)c2ccc(OC(F)(F)F)cc2)[C@@H]2CCC[C@@H]21. The second kappa shape index (κ2) is 10.2. The predicted octanol–water partition coefficient (Wildman–Crippen LogP) is 5.93. The molecule has 0 unspecified atom stereocenters. The van der Waals surface area contributed by atoms with E-state index in [1.165, 1.54) is 34.1 Å². The van der Waals surface area contributed by atoms with E-state index in [1.54, 1.807) is 0 Å². The van der Waals surface area contributed by atoms with Gasteiger partial charge in [-0.3, -0.25) is 9.69 Å². The average Bonchev–Trinajstić information content (AvgIpc) is 3.58. The highest BCUT2D eigenvalue weighted by Crippen LogP contribution is 2.53. The number of nitrogens with zero attached hydrogens (tertiary/aromatic N) is 2. The van der Waals surface area contributed by atoms with Gasteiger partial charge in [0.2, 0.25) is 0 Å². The fourth-order valence-electron chi connectivity index (χ4n) is 5.66. The van der Waals surface area contributed by atoms with Crippen LogP contribution in [0.2, 0.25) is 5.02 Å². The Bertz CT molecular complexity index is 1300. The van der Waals surface area contributed by atoms with E-state index in [-0.39, 0.29) is 28.2 Å². The lowest BCUT2D eigenvalue weighted by molar-refractivity contribution is -0.274. The van der Waals surface area contributed by atoms with Gasteiger partial charge in [-0.05, 0) is 62.1 Å². The van der Waals surface area contributed by atoms with Crippen molar-refractivity contribution in [2.24, 2.45) is 5.92 Å². The molecule has 208 valence electrons. The minimum atomic E-state index is -4.89. The first-order chi connectivity index (χ1) is 18.4. The Morgan fingerprint density at radius 2 is 1.77 bits per heavy atom. The number of halogens is 5. The van der Waals surface area contributed by atoms with Crippen LogP contribution in [0.1, 0.15) is 54.1 Å². The zero-order valence-electron chi connectivity index (χ0n) is 20.3. The number of fused-ring (bicyclic) bond motifs is 2. The lowest BCUT2D eigenvalue weighted by Gasteiger charge is -2.47. The van der Waals surface area contributed by atoms with Crippen molar-refractivity contribution in [2.45, 2.75) is 56.6 Å². The standard InChI is InChI=1S/C26H23ClF4N2O6/c27-18-11-21-17(10-19(18)28)23(32(14-6-7-14)25(37)38-12-22(34)35)16-2-1-3-20(16)33(21)24(36)13-4-8-15(9-5-13)39-26(29,30)31/h4-5,8-11,14,16,20,23H,1-3,6-7,12H2,(H,34,35)/t16-,20+,23+/m0/s1. The summed E-state index contributed by atoms with van der Waals surface area (Å²) < 4.78 is 61.5. The second-order valence-electron chi connectivity index (χ2n) is 9.77. The van der Waals surface area contributed by atoms with Crippen LogP contribution in [0.25, 0.3) is 0 Å². The molecule has 1 aliphatic heterocycles. The van der Waals surface area contributed by atoms with E-state index in [4.69, 9.17) is 21.4 Å². The van der Waals surface area contributed by atoms with Crippen LogP contribution in [0.4, 0.5) is 28.0 Å². The van der Waals surface area contributed by atoms with Crippen LogP contribution in [-0.2, 0) is 9.53 Å². The Kier molecular flexibility index (Phi) is 7.08. The van der Waals surface area contributed by atoms with Crippen molar-refractivity contribution in [1.29, 1.82) is 0 Å². The number of anilines is 1. The fourth-order valence-corrected chi connectivity index (χ4v) is 5.82. The molecular weight excluding hydrogens is 548 g/mol. The number of aliphatic carboxylic acids is 1. The van der Waals surface area contributed by atoms with Crippen LogP contribution in [0.15, 0.2) is 36.4 Å². The van der Waals surface area contributed by atoms with E-state index < -0.39 is 54.6 Å². The number of rotatable bonds is 6. The monoisotopic (exact) mass is 570 g/mol. The van der Waals surface area contributed by atoms with Gasteiger partial charge in [0.1, 0.15) is 11.6 Å². The highest BCUT2D eigenvalue weighted by molar-refractivity contribution is 6.31. The quantitative estimate of drug-likeness (QED) is 0.432. The van der Waals surface area contributed by atoms with Gasteiger partial charge >= 0.3 is 18.4 Å². The van der Waals surface area contributed by atoms with Crippen molar-refractivity contribution in [3.8, 4) is 5.75 Å². The molecule has 3 atom stereocenters. The normalized spacial score (nSPS) is 22.1. The summed E-state index contributed by atoms with van der Waals surface area (Å²) in [7, 11) is 0. The molecule has 2 aliphatic carbocycles. The third kappa shape index (κ3) is 5.47. The molecule has 2 amide bonds. The minimum absolute atomic E-state index is 0.0833. The Hall–Kier alpha value is -3.54. The summed E-state index contributed by atoms with van der Waals surface area (Å²) in [5, 5.41) is 8.74. The van der Waals surface area contributed by atoms with Gasteiger partial charge in [-0.2, -0.15) is 0 Å². The smallest absolute Gasteiger partial charge is 0.479 e. The Morgan fingerprint density at radius 3 is 2.38 bits per heavy atom. The molecule has 8 nitrogen and oxygen atoms in total. The average molecular weight is 571 g/mol. The highest BCUT2D eigenvalue weighted by atomic mass is 35.5. The molecule has 0 bridgehead atoms. The van der Waals surface area contributed by atoms with Crippen molar-refractivity contribution >= 4 is 35.3 Å². The van der Waals surface area contributed by atoms with Crippen molar-refractivity contribution < 1.29 is 46.5 Å². The topological polar surface area (TPSA) is 96.4 Å². The van der Waals surface area contributed by atoms with Crippen LogP contribution >= 0.6 is 11.6 Å². The predicted molar refractivity (Wildman–Crippen MR) is 129 cm³/mol. The molecular formula is C26H23ClF4N2O6. The first kappa shape index (κ1) is 27.0. The van der Waals surface area contributed by atoms with Gasteiger partial charge in [0.15, 0.2) is 6.61 Å². The Balaban J connectivity index is 1.55. The first-order valence-electron chi connectivity index (χ1n) is 12.3. The summed E-state index contributed by atoms with van der Waals surface area (Å²) in [6, 6.07) is 5.62. The van der Waals surface area contributed by atoms with Crippen molar-refractivity contribution in [3.05, 3.63) is 58.4 Å². The molecule has 0 saturated heterocycles. The van der Waals surface area contributed by atoms with Crippen LogP contribution in [-0.4, -0.2) is 53.0 Å². The van der Waals surface area contributed by atoms with E-state index in [0.717, 1.165) is 12.1 Å². The van der Waals surface area contributed by atoms with E-state index in [0.29, 0.717) is 37.7 Å².